The molecule has 10 nitrogen and oxygen atoms in total. The minimum atomic E-state index is -3.78. The highest BCUT2D eigenvalue weighted by Crippen LogP contribution is 2.34. The molecule has 1 atom stereocenters. The van der Waals surface area contributed by atoms with Crippen molar-refractivity contribution >= 4 is 21.6 Å². The molecular formula is C23H26N6O4S. The van der Waals surface area contributed by atoms with E-state index in [0.29, 0.717) is 30.4 Å². The minimum Gasteiger partial charge on any atom is -0.339 e. The summed E-state index contributed by atoms with van der Waals surface area (Å²) in [6.07, 6.45) is 3.93. The summed E-state index contributed by atoms with van der Waals surface area (Å²) in [7, 11) is -3.78. The number of piperidine rings is 1. The first-order chi connectivity index (χ1) is 16.3. The number of pyridine rings is 1. The van der Waals surface area contributed by atoms with Crippen LogP contribution in [0.25, 0.3) is 11.5 Å². The Morgan fingerprint density at radius 1 is 1.21 bits per heavy atom. The Hall–Kier alpha value is -3.15. The van der Waals surface area contributed by atoms with Crippen LogP contribution >= 0.6 is 0 Å². The van der Waals surface area contributed by atoms with Crippen molar-refractivity contribution in [3.63, 3.8) is 0 Å². The fourth-order valence-corrected chi connectivity index (χ4v) is 5.33. The number of likely N-dealkylation sites (tertiary alicyclic amines) is 1. The highest BCUT2D eigenvalue weighted by atomic mass is 32.2. The van der Waals surface area contributed by atoms with Gasteiger partial charge in [-0.2, -0.15) is 4.98 Å². The predicted octanol–water partition coefficient (Wildman–Crippen LogP) is 1.94. The molecule has 2 aliphatic rings. The van der Waals surface area contributed by atoms with Crippen LogP contribution in [0.2, 0.25) is 0 Å². The molecule has 1 amide bonds. The van der Waals surface area contributed by atoms with Crippen molar-refractivity contribution in [2.45, 2.75) is 43.0 Å². The maximum atomic E-state index is 13.2. The summed E-state index contributed by atoms with van der Waals surface area (Å²) in [5.74, 6) is 1.25. The Bertz CT molecular complexity index is 1300. The van der Waals surface area contributed by atoms with E-state index in [0.717, 1.165) is 37.2 Å². The van der Waals surface area contributed by atoms with Crippen LogP contribution in [0.1, 0.15) is 37.1 Å². The number of hydrogen-bond acceptors (Lipinski definition) is 8. The van der Waals surface area contributed by atoms with E-state index in [1.54, 1.807) is 23.2 Å². The fraction of sp³-hybridized carbons (Fsp3) is 0.391. The number of aromatic nitrogens is 3. The molecule has 0 spiro atoms. The molecule has 1 fully saturated rings. The van der Waals surface area contributed by atoms with Crippen molar-refractivity contribution < 1.29 is 17.7 Å². The molecule has 4 heterocycles. The highest BCUT2D eigenvalue weighted by Gasteiger charge is 2.34. The van der Waals surface area contributed by atoms with Gasteiger partial charge in [-0.1, -0.05) is 11.2 Å². The largest absolute Gasteiger partial charge is 0.339 e. The molecule has 1 unspecified atom stereocenters. The first kappa shape index (κ1) is 22.6. The van der Waals surface area contributed by atoms with Crippen LogP contribution in [0.4, 0.5) is 5.69 Å². The van der Waals surface area contributed by atoms with Gasteiger partial charge < -0.3 is 9.42 Å². The van der Waals surface area contributed by atoms with Gasteiger partial charge in [0.15, 0.2) is 0 Å². The van der Waals surface area contributed by atoms with E-state index >= 15 is 0 Å². The van der Waals surface area contributed by atoms with Crippen LogP contribution in [0.15, 0.2) is 52.0 Å². The zero-order valence-corrected chi connectivity index (χ0v) is 19.6. The topological polar surface area (TPSA) is 136 Å². The molecule has 3 aromatic rings. The lowest BCUT2D eigenvalue weighted by Crippen LogP contribution is -2.45. The molecule has 178 valence electrons. The first-order valence-electron chi connectivity index (χ1n) is 11.2. The second kappa shape index (κ2) is 8.90. The normalized spacial score (nSPS) is 19.4. The Morgan fingerprint density at radius 2 is 2.00 bits per heavy atom. The SMILES string of the molecule is CC1Cc2cc(S(N)(=O)=O)ccc2N1C(=O)CN1CCC(c2nc(-c3ccccn3)no2)CC1. The molecule has 2 aromatic heterocycles. The van der Waals surface area contributed by atoms with Gasteiger partial charge in [-0.15, -0.1) is 0 Å². The molecule has 1 aromatic carbocycles. The Morgan fingerprint density at radius 3 is 2.71 bits per heavy atom. The van der Waals surface area contributed by atoms with Gasteiger partial charge in [-0.3, -0.25) is 14.7 Å². The van der Waals surface area contributed by atoms with Gasteiger partial charge in [0, 0.05) is 23.8 Å². The van der Waals surface area contributed by atoms with Crippen LogP contribution in [0, 0.1) is 0 Å². The quantitative estimate of drug-likeness (QED) is 0.583. The van der Waals surface area contributed by atoms with Crippen LogP contribution in [0.5, 0.6) is 0 Å². The van der Waals surface area contributed by atoms with Gasteiger partial charge in [-0.25, -0.2) is 13.6 Å². The van der Waals surface area contributed by atoms with Crippen molar-refractivity contribution in [2.75, 3.05) is 24.5 Å². The van der Waals surface area contributed by atoms with Gasteiger partial charge in [0.2, 0.25) is 27.6 Å². The summed E-state index contributed by atoms with van der Waals surface area (Å²) in [4.78, 5) is 25.9. The third-order valence-corrected chi connectivity index (χ3v) is 7.41. The highest BCUT2D eigenvalue weighted by molar-refractivity contribution is 7.89. The van der Waals surface area contributed by atoms with E-state index < -0.39 is 10.0 Å². The van der Waals surface area contributed by atoms with E-state index in [4.69, 9.17) is 9.66 Å². The summed E-state index contributed by atoms with van der Waals surface area (Å²) in [6, 6.07) is 10.2. The second-order valence-corrected chi connectivity index (χ2v) is 10.4. The zero-order chi connectivity index (χ0) is 23.9. The maximum absolute atomic E-state index is 13.2. The van der Waals surface area contributed by atoms with E-state index in [1.807, 2.05) is 25.1 Å². The summed E-state index contributed by atoms with van der Waals surface area (Å²) >= 11 is 0. The molecule has 2 N–H and O–H groups in total. The number of carbonyl (C=O) groups is 1. The number of fused-ring (bicyclic) bond motifs is 1. The number of hydrogen-bond donors (Lipinski definition) is 1. The van der Waals surface area contributed by atoms with Gasteiger partial charge in [-0.05, 0) is 75.2 Å². The molecule has 5 rings (SSSR count). The van der Waals surface area contributed by atoms with Gasteiger partial charge in [0.05, 0.1) is 11.4 Å². The Balaban J connectivity index is 1.21. The third-order valence-electron chi connectivity index (χ3n) is 6.50. The monoisotopic (exact) mass is 482 g/mol. The fourth-order valence-electron chi connectivity index (χ4n) is 4.77. The van der Waals surface area contributed by atoms with Crippen molar-refractivity contribution in [3.05, 3.63) is 54.0 Å². The summed E-state index contributed by atoms with van der Waals surface area (Å²) in [6.45, 7) is 3.76. The number of sulfonamides is 1. The molecule has 2 aliphatic heterocycles. The molecule has 1 saturated heterocycles. The van der Waals surface area contributed by atoms with Crippen LogP contribution in [-0.4, -0.2) is 60.0 Å². The molecular weight excluding hydrogens is 456 g/mol. The van der Waals surface area contributed by atoms with Gasteiger partial charge in [0.25, 0.3) is 0 Å². The van der Waals surface area contributed by atoms with Crippen molar-refractivity contribution in [1.82, 2.24) is 20.0 Å². The van der Waals surface area contributed by atoms with Crippen molar-refractivity contribution in [2.24, 2.45) is 5.14 Å². The number of nitrogens with two attached hydrogens (primary N) is 1. The number of carbonyl (C=O) groups excluding carboxylic acids is 1. The van der Waals surface area contributed by atoms with Crippen LogP contribution in [0.3, 0.4) is 0 Å². The Kier molecular flexibility index (Phi) is 5.92. The van der Waals surface area contributed by atoms with Gasteiger partial charge in [0.1, 0.15) is 5.69 Å². The smallest absolute Gasteiger partial charge is 0.241 e. The summed E-state index contributed by atoms with van der Waals surface area (Å²) in [5.41, 5.74) is 2.26. The van der Waals surface area contributed by atoms with E-state index in [2.05, 4.69) is 20.0 Å². The lowest BCUT2D eigenvalue weighted by Gasteiger charge is -2.32. The molecule has 34 heavy (non-hydrogen) atoms. The molecule has 0 bridgehead atoms. The Labute approximate surface area is 197 Å². The average Bonchev–Trinajstić information content (AvgIpc) is 3.43. The predicted molar refractivity (Wildman–Crippen MR) is 124 cm³/mol. The number of nitrogens with zero attached hydrogens (tertiary/aromatic N) is 5. The van der Waals surface area contributed by atoms with E-state index in [-0.39, 0.29) is 22.8 Å². The molecule has 0 radical (unpaired) electrons. The average molecular weight is 483 g/mol. The number of benzene rings is 1. The number of anilines is 1. The number of rotatable bonds is 5. The van der Waals surface area contributed by atoms with E-state index in [1.165, 1.54) is 6.07 Å². The number of amides is 1. The molecule has 0 aliphatic carbocycles. The van der Waals surface area contributed by atoms with Crippen molar-refractivity contribution in [3.8, 4) is 11.5 Å². The van der Waals surface area contributed by atoms with Crippen LogP contribution < -0.4 is 10.0 Å². The standard InChI is InChI=1S/C23H26N6O4S/c1-15-12-17-13-18(34(24,31)32)5-6-20(17)29(15)21(30)14-28-10-7-16(8-11-28)23-26-22(27-33-23)19-4-2-3-9-25-19/h2-6,9,13,15-16H,7-8,10-12,14H2,1H3,(H2,24,31,32). The van der Waals surface area contributed by atoms with E-state index in [9.17, 15) is 13.2 Å². The van der Waals surface area contributed by atoms with Crippen LogP contribution in [-0.2, 0) is 21.2 Å². The first-order valence-corrected chi connectivity index (χ1v) is 12.8. The second-order valence-electron chi connectivity index (χ2n) is 8.87. The van der Waals surface area contributed by atoms with Gasteiger partial charge >= 0.3 is 0 Å². The number of primary sulfonamides is 1. The zero-order valence-electron chi connectivity index (χ0n) is 18.8. The summed E-state index contributed by atoms with van der Waals surface area (Å²) in [5, 5.41) is 9.32. The molecule has 11 heteroatoms. The summed E-state index contributed by atoms with van der Waals surface area (Å²) < 4.78 is 28.8. The van der Waals surface area contributed by atoms with Crippen molar-refractivity contribution in [1.29, 1.82) is 0 Å². The third kappa shape index (κ3) is 4.46. The lowest BCUT2D eigenvalue weighted by molar-refractivity contribution is -0.120. The maximum Gasteiger partial charge on any atom is 0.241 e. The minimum absolute atomic E-state index is 0.00304. The lowest BCUT2D eigenvalue weighted by atomic mass is 9.97. The molecule has 0 saturated carbocycles.